The number of likely N-dealkylation sites (N-methyl/N-ethyl adjacent to an activating group) is 1. The van der Waals surface area contributed by atoms with Gasteiger partial charge in [0.15, 0.2) is 0 Å². The van der Waals surface area contributed by atoms with Crippen LogP contribution in [0.25, 0.3) is 0 Å². The van der Waals surface area contributed by atoms with E-state index in [1.807, 2.05) is 37.3 Å². The largest absolute Gasteiger partial charge is 0.457 e. The maximum Gasteiger partial charge on any atom is 0.340 e. The minimum Gasteiger partial charge on any atom is -0.457 e. The lowest BCUT2D eigenvalue weighted by atomic mass is 10.1. The molecule has 0 aliphatic rings. The van der Waals surface area contributed by atoms with E-state index in [0.717, 1.165) is 5.56 Å². The second kappa shape index (κ2) is 8.58. The van der Waals surface area contributed by atoms with Crippen LogP contribution in [0.4, 0.5) is 5.69 Å². The van der Waals surface area contributed by atoms with E-state index in [-0.39, 0.29) is 19.1 Å². The Hall–Kier alpha value is -2.82. The summed E-state index contributed by atoms with van der Waals surface area (Å²) in [5.74, 6) is -0.548. The van der Waals surface area contributed by atoms with E-state index in [2.05, 4.69) is 10.6 Å². The highest BCUT2D eigenvalue weighted by molar-refractivity contribution is 5.96. The Morgan fingerprint density at radius 1 is 1.00 bits per heavy atom. The van der Waals surface area contributed by atoms with Crippen LogP contribution in [0.15, 0.2) is 54.6 Å². The van der Waals surface area contributed by atoms with Crippen molar-refractivity contribution < 1.29 is 14.3 Å². The van der Waals surface area contributed by atoms with Gasteiger partial charge in [-0.1, -0.05) is 42.5 Å². The Bertz CT molecular complexity index is 656. The number of para-hydroxylation sites is 1. The van der Waals surface area contributed by atoms with Crippen molar-refractivity contribution in [2.24, 2.45) is 0 Å². The molecule has 0 spiro atoms. The van der Waals surface area contributed by atoms with Gasteiger partial charge in [0.1, 0.15) is 6.61 Å². The molecule has 0 unspecified atom stereocenters. The molecule has 0 aliphatic carbocycles. The SMILES string of the molecule is CCNC(=O)CNc1ccccc1C(=O)OCc1ccccc1. The van der Waals surface area contributed by atoms with Gasteiger partial charge < -0.3 is 15.4 Å². The van der Waals surface area contributed by atoms with Gasteiger partial charge in [0, 0.05) is 12.2 Å². The lowest BCUT2D eigenvalue weighted by molar-refractivity contribution is -0.119. The van der Waals surface area contributed by atoms with Gasteiger partial charge in [-0.2, -0.15) is 0 Å². The van der Waals surface area contributed by atoms with Crippen LogP contribution in [-0.2, 0) is 16.1 Å². The van der Waals surface area contributed by atoms with Crippen LogP contribution in [0.5, 0.6) is 0 Å². The van der Waals surface area contributed by atoms with Crippen LogP contribution < -0.4 is 10.6 Å². The predicted molar refractivity (Wildman–Crippen MR) is 89.2 cm³/mol. The van der Waals surface area contributed by atoms with Gasteiger partial charge in [-0.15, -0.1) is 0 Å². The van der Waals surface area contributed by atoms with Crippen molar-refractivity contribution in [2.75, 3.05) is 18.4 Å². The summed E-state index contributed by atoms with van der Waals surface area (Å²) in [4.78, 5) is 23.8. The van der Waals surface area contributed by atoms with E-state index >= 15 is 0 Å². The van der Waals surface area contributed by atoms with E-state index in [9.17, 15) is 9.59 Å². The maximum absolute atomic E-state index is 12.2. The molecule has 0 saturated heterocycles. The molecule has 0 saturated carbocycles. The van der Waals surface area contributed by atoms with E-state index < -0.39 is 5.97 Å². The van der Waals surface area contributed by atoms with E-state index in [4.69, 9.17) is 4.74 Å². The van der Waals surface area contributed by atoms with Crippen LogP contribution in [0.2, 0.25) is 0 Å². The zero-order chi connectivity index (χ0) is 16.5. The van der Waals surface area contributed by atoms with Crippen molar-refractivity contribution in [1.82, 2.24) is 5.32 Å². The summed E-state index contributed by atoms with van der Waals surface area (Å²) in [5, 5.41) is 5.66. The second-order valence-corrected chi connectivity index (χ2v) is 4.91. The Kier molecular flexibility index (Phi) is 6.17. The number of benzene rings is 2. The minimum atomic E-state index is -0.423. The zero-order valence-corrected chi connectivity index (χ0v) is 13.0. The molecule has 5 nitrogen and oxygen atoms in total. The molecule has 23 heavy (non-hydrogen) atoms. The van der Waals surface area contributed by atoms with Crippen LogP contribution >= 0.6 is 0 Å². The molecule has 2 aromatic rings. The third kappa shape index (κ3) is 5.14. The molecule has 0 bridgehead atoms. The Balaban J connectivity index is 1.98. The monoisotopic (exact) mass is 312 g/mol. The quantitative estimate of drug-likeness (QED) is 0.771. The highest BCUT2D eigenvalue weighted by Gasteiger charge is 2.13. The summed E-state index contributed by atoms with van der Waals surface area (Å²) in [6.45, 7) is 2.75. The summed E-state index contributed by atoms with van der Waals surface area (Å²) < 4.78 is 5.33. The summed E-state index contributed by atoms with van der Waals surface area (Å²) in [5.41, 5.74) is 1.91. The van der Waals surface area contributed by atoms with Gasteiger partial charge in [-0.3, -0.25) is 4.79 Å². The Labute approximate surface area is 135 Å². The predicted octanol–water partition coefficient (Wildman–Crippen LogP) is 2.59. The summed E-state index contributed by atoms with van der Waals surface area (Å²) >= 11 is 0. The van der Waals surface area contributed by atoms with Crippen molar-refractivity contribution in [3.63, 3.8) is 0 Å². The highest BCUT2D eigenvalue weighted by Crippen LogP contribution is 2.16. The molecule has 0 atom stereocenters. The Morgan fingerprint density at radius 2 is 1.70 bits per heavy atom. The first kappa shape index (κ1) is 16.5. The number of carbonyl (C=O) groups excluding carboxylic acids is 2. The minimum absolute atomic E-state index is 0.108. The number of rotatable bonds is 7. The van der Waals surface area contributed by atoms with Gasteiger partial charge in [0.05, 0.1) is 12.1 Å². The van der Waals surface area contributed by atoms with Crippen LogP contribution in [-0.4, -0.2) is 25.0 Å². The molecular weight excluding hydrogens is 292 g/mol. The van der Waals surface area contributed by atoms with Crippen molar-refractivity contribution in [1.29, 1.82) is 0 Å². The van der Waals surface area contributed by atoms with Crippen molar-refractivity contribution in [3.05, 3.63) is 65.7 Å². The van der Waals surface area contributed by atoms with Gasteiger partial charge in [0.2, 0.25) is 5.91 Å². The first-order valence-corrected chi connectivity index (χ1v) is 7.51. The first-order valence-electron chi connectivity index (χ1n) is 7.51. The molecule has 5 heteroatoms. The summed E-state index contributed by atoms with van der Waals surface area (Å²) in [7, 11) is 0. The molecule has 2 rings (SSSR count). The van der Waals surface area contributed by atoms with Crippen molar-refractivity contribution in [3.8, 4) is 0 Å². The lowest BCUT2D eigenvalue weighted by Gasteiger charge is -2.11. The normalized spacial score (nSPS) is 9.96. The molecule has 1 amide bonds. The number of ether oxygens (including phenoxy) is 1. The van der Waals surface area contributed by atoms with Crippen molar-refractivity contribution in [2.45, 2.75) is 13.5 Å². The summed E-state index contributed by atoms with van der Waals surface area (Å²) in [6.07, 6.45) is 0. The third-order valence-electron chi connectivity index (χ3n) is 3.17. The number of anilines is 1. The van der Waals surface area contributed by atoms with Gasteiger partial charge in [-0.25, -0.2) is 4.79 Å². The van der Waals surface area contributed by atoms with Crippen molar-refractivity contribution >= 4 is 17.6 Å². The lowest BCUT2D eigenvalue weighted by Crippen LogP contribution is -2.29. The smallest absolute Gasteiger partial charge is 0.340 e. The maximum atomic E-state index is 12.2. The van der Waals surface area contributed by atoms with E-state index in [1.165, 1.54) is 0 Å². The molecule has 0 fully saturated rings. The summed E-state index contributed by atoms with van der Waals surface area (Å²) in [6, 6.07) is 16.5. The molecular formula is C18H20N2O3. The molecule has 0 aliphatic heterocycles. The van der Waals surface area contributed by atoms with E-state index in [0.29, 0.717) is 17.8 Å². The highest BCUT2D eigenvalue weighted by atomic mass is 16.5. The number of esters is 1. The Morgan fingerprint density at radius 3 is 2.43 bits per heavy atom. The molecule has 2 N–H and O–H groups in total. The molecule has 0 radical (unpaired) electrons. The van der Waals surface area contributed by atoms with Crippen LogP contribution in [0, 0.1) is 0 Å². The fourth-order valence-corrected chi connectivity index (χ4v) is 2.05. The third-order valence-corrected chi connectivity index (χ3v) is 3.17. The van der Waals surface area contributed by atoms with Crippen LogP contribution in [0.1, 0.15) is 22.8 Å². The van der Waals surface area contributed by atoms with E-state index in [1.54, 1.807) is 24.3 Å². The fourth-order valence-electron chi connectivity index (χ4n) is 2.05. The van der Waals surface area contributed by atoms with Gasteiger partial charge >= 0.3 is 5.97 Å². The average Bonchev–Trinajstić information content (AvgIpc) is 2.59. The zero-order valence-electron chi connectivity index (χ0n) is 13.0. The number of nitrogens with one attached hydrogen (secondary N) is 2. The van der Waals surface area contributed by atoms with Crippen LogP contribution in [0.3, 0.4) is 0 Å². The molecule has 2 aromatic carbocycles. The van der Waals surface area contributed by atoms with Gasteiger partial charge in [0.25, 0.3) is 0 Å². The average molecular weight is 312 g/mol. The first-order chi connectivity index (χ1) is 11.2. The van der Waals surface area contributed by atoms with Gasteiger partial charge in [-0.05, 0) is 24.6 Å². The molecule has 0 heterocycles. The molecule has 120 valence electrons. The number of carbonyl (C=O) groups is 2. The topological polar surface area (TPSA) is 67.4 Å². The number of hydrogen-bond acceptors (Lipinski definition) is 4. The molecule has 0 aromatic heterocycles. The fraction of sp³-hybridized carbons (Fsp3) is 0.222. The second-order valence-electron chi connectivity index (χ2n) is 4.91. The number of hydrogen-bond donors (Lipinski definition) is 2. The standard InChI is InChI=1S/C18H20N2O3/c1-2-19-17(21)12-20-16-11-7-6-10-15(16)18(22)23-13-14-8-4-3-5-9-14/h3-11,20H,2,12-13H2,1H3,(H,19,21). The number of amides is 1.